The first-order valence-corrected chi connectivity index (χ1v) is 7.12. The number of ether oxygens (including phenoxy) is 2. The molecule has 0 heterocycles. The third-order valence-electron chi connectivity index (χ3n) is 3.11. The van der Waals surface area contributed by atoms with Gasteiger partial charge in [-0.1, -0.05) is 26.8 Å². The van der Waals surface area contributed by atoms with Gasteiger partial charge in [0.25, 0.3) is 0 Å². The third kappa shape index (κ3) is 6.00. The van der Waals surface area contributed by atoms with Crippen molar-refractivity contribution in [2.45, 2.75) is 39.9 Å². The Labute approximate surface area is 134 Å². The smallest absolute Gasteiger partial charge is 0.422 e. The van der Waals surface area contributed by atoms with E-state index in [1.807, 2.05) is 0 Å². The molecular formula is C16H22F3NO3. The van der Waals surface area contributed by atoms with Crippen molar-refractivity contribution >= 4 is 5.91 Å². The number of amides is 1. The average molecular weight is 333 g/mol. The second-order valence-electron chi connectivity index (χ2n) is 6.26. The Hall–Kier alpha value is -1.92. The Morgan fingerprint density at radius 1 is 1.22 bits per heavy atom. The monoisotopic (exact) mass is 333 g/mol. The molecule has 0 saturated heterocycles. The number of methoxy groups -OCH3 is 1. The molecule has 0 bridgehead atoms. The molecule has 1 aromatic rings. The van der Waals surface area contributed by atoms with E-state index in [9.17, 15) is 18.0 Å². The predicted octanol–water partition coefficient (Wildman–Crippen LogP) is 3.86. The molecule has 0 aromatic heterocycles. The predicted molar refractivity (Wildman–Crippen MR) is 80.6 cm³/mol. The Morgan fingerprint density at radius 3 is 2.30 bits per heavy atom. The molecule has 1 N–H and O–H groups in total. The summed E-state index contributed by atoms with van der Waals surface area (Å²) in [5, 5.41) is 2.85. The Kier molecular flexibility index (Phi) is 5.91. The summed E-state index contributed by atoms with van der Waals surface area (Å²) in [4.78, 5) is 12.0. The highest BCUT2D eigenvalue weighted by Gasteiger charge is 2.29. The normalized spacial score (nSPS) is 13.4. The molecule has 1 rings (SSSR count). The van der Waals surface area contributed by atoms with Gasteiger partial charge >= 0.3 is 6.18 Å². The fourth-order valence-corrected chi connectivity index (χ4v) is 1.73. The summed E-state index contributed by atoms with van der Waals surface area (Å²) < 4.78 is 46.5. The maximum atomic E-state index is 12.2. The summed E-state index contributed by atoms with van der Waals surface area (Å²) in [5.41, 5.74) is 0.174. The Balaban J connectivity index is 2.88. The van der Waals surface area contributed by atoms with E-state index in [1.54, 1.807) is 39.8 Å². The lowest BCUT2D eigenvalue weighted by Crippen LogP contribution is -2.36. The lowest BCUT2D eigenvalue weighted by Gasteiger charge is -2.23. The van der Waals surface area contributed by atoms with E-state index in [2.05, 4.69) is 5.32 Å². The van der Waals surface area contributed by atoms with E-state index < -0.39 is 18.2 Å². The minimum atomic E-state index is -4.42. The zero-order valence-corrected chi connectivity index (χ0v) is 13.9. The lowest BCUT2D eigenvalue weighted by molar-refractivity contribution is -0.153. The van der Waals surface area contributed by atoms with Gasteiger partial charge in [0.2, 0.25) is 5.91 Å². The topological polar surface area (TPSA) is 47.6 Å². The summed E-state index contributed by atoms with van der Waals surface area (Å²) in [6, 6.07) is 4.24. The second-order valence-corrected chi connectivity index (χ2v) is 6.26. The van der Waals surface area contributed by atoms with Gasteiger partial charge in [-0.05, 0) is 24.6 Å². The maximum absolute atomic E-state index is 12.2. The standard InChI is InChI=1S/C16H22F3NO3/c1-10(20-14(21)15(2,3)4)11-6-7-12(13(8-11)22-5)23-9-16(17,18)19/h6-8,10H,9H2,1-5H3,(H,20,21). The fraction of sp³-hybridized carbons (Fsp3) is 0.562. The van der Waals surface area contributed by atoms with Gasteiger partial charge in [0.15, 0.2) is 18.1 Å². The number of benzene rings is 1. The molecule has 7 heteroatoms. The molecule has 4 nitrogen and oxygen atoms in total. The number of rotatable bonds is 5. The summed E-state index contributed by atoms with van der Waals surface area (Å²) in [5.74, 6) is 0.0629. The molecule has 1 aromatic carbocycles. The SMILES string of the molecule is COc1cc(C(C)NC(=O)C(C)(C)C)ccc1OCC(F)(F)F. The molecule has 0 radical (unpaired) electrons. The van der Waals surface area contributed by atoms with Crippen molar-refractivity contribution in [3.63, 3.8) is 0 Å². The first-order chi connectivity index (χ1) is 10.4. The van der Waals surface area contributed by atoms with Crippen LogP contribution in [0.5, 0.6) is 11.5 Å². The molecule has 0 aliphatic rings. The molecule has 0 saturated carbocycles. The van der Waals surface area contributed by atoms with E-state index >= 15 is 0 Å². The molecule has 1 atom stereocenters. The number of hydrogen-bond acceptors (Lipinski definition) is 3. The Morgan fingerprint density at radius 2 is 1.83 bits per heavy atom. The summed E-state index contributed by atoms with van der Waals surface area (Å²) in [6.45, 7) is 5.78. The van der Waals surface area contributed by atoms with E-state index in [-0.39, 0.29) is 23.4 Å². The molecule has 1 amide bonds. The molecule has 0 fully saturated rings. The fourth-order valence-electron chi connectivity index (χ4n) is 1.73. The van der Waals surface area contributed by atoms with Crippen molar-refractivity contribution in [2.24, 2.45) is 5.41 Å². The van der Waals surface area contributed by atoms with Crippen LogP contribution in [0.1, 0.15) is 39.3 Å². The number of halogens is 3. The minimum absolute atomic E-state index is 0.00271. The van der Waals surface area contributed by atoms with E-state index in [1.165, 1.54) is 13.2 Å². The molecule has 1 unspecified atom stereocenters. The second kappa shape index (κ2) is 7.10. The van der Waals surface area contributed by atoms with Crippen LogP contribution in [0.15, 0.2) is 18.2 Å². The molecular weight excluding hydrogens is 311 g/mol. The Bertz CT molecular complexity index is 550. The molecule has 0 aliphatic carbocycles. The van der Waals surface area contributed by atoms with Crippen LogP contribution in [0.4, 0.5) is 13.2 Å². The van der Waals surface area contributed by atoms with Crippen LogP contribution < -0.4 is 14.8 Å². The van der Waals surface area contributed by atoms with Crippen molar-refractivity contribution < 1.29 is 27.4 Å². The first kappa shape index (κ1) is 19.1. The number of nitrogens with one attached hydrogen (secondary N) is 1. The summed E-state index contributed by atoms with van der Waals surface area (Å²) >= 11 is 0. The third-order valence-corrected chi connectivity index (χ3v) is 3.11. The van der Waals surface area contributed by atoms with E-state index in [4.69, 9.17) is 9.47 Å². The average Bonchev–Trinajstić information content (AvgIpc) is 2.42. The van der Waals surface area contributed by atoms with Gasteiger partial charge in [-0.15, -0.1) is 0 Å². The zero-order valence-electron chi connectivity index (χ0n) is 13.9. The zero-order chi connectivity index (χ0) is 17.8. The van der Waals surface area contributed by atoms with Crippen molar-refractivity contribution in [2.75, 3.05) is 13.7 Å². The van der Waals surface area contributed by atoms with E-state index in [0.717, 1.165) is 0 Å². The van der Waals surface area contributed by atoms with Crippen LogP contribution in [0.25, 0.3) is 0 Å². The van der Waals surface area contributed by atoms with Crippen LogP contribution in [0.2, 0.25) is 0 Å². The van der Waals surface area contributed by atoms with Crippen LogP contribution >= 0.6 is 0 Å². The maximum Gasteiger partial charge on any atom is 0.422 e. The lowest BCUT2D eigenvalue weighted by atomic mass is 9.94. The summed E-state index contributed by atoms with van der Waals surface area (Å²) in [6.07, 6.45) is -4.42. The van der Waals surface area contributed by atoms with Crippen molar-refractivity contribution in [1.82, 2.24) is 5.32 Å². The molecule has 130 valence electrons. The van der Waals surface area contributed by atoms with Crippen molar-refractivity contribution in [3.05, 3.63) is 23.8 Å². The molecule has 0 spiro atoms. The van der Waals surface area contributed by atoms with Gasteiger partial charge in [-0.3, -0.25) is 4.79 Å². The molecule has 0 aliphatic heterocycles. The van der Waals surface area contributed by atoms with Gasteiger partial charge < -0.3 is 14.8 Å². The number of alkyl halides is 3. The first-order valence-electron chi connectivity index (χ1n) is 7.12. The summed E-state index contributed by atoms with van der Waals surface area (Å²) in [7, 11) is 1.35. The quantitative estimate of drug-likeness (QED) is 0.890. The van der Waals surface area contributed by atoms with Gasteiger partial charge in [0, 0.05) is 5.41 Å². The van der Waals surface area contributed by atoms with Gasteiger partial charge in [-0.2, -0.15) is 13.2 Å². The van der Waals surface area contributed by atoms with E-state index in [0.29, 0.717) is 5.56 Å². The van der Waals surface area contributed by atoms with Crippen LogP contribution in [0, 0.1) is 5.41 Å². The molecule has 23 heavy (non-hydrogen) atoms. The largest absolute Gasteiger partial charge is 0.493 e. The number of carbonyl (C=O) groups excluding carboxylic acids is 1. The highest BCUT2D eigenvalue weighted by Crippen LogP contribution is 2.32. The highest BCUT2D eigenvalue weighted by molar-refractivity contribution is 5.81. The number of hydrogen-bond donors (Lipinski definition) is 1. The van der Waals surface area contributed by atoms with Crippen LogP contribution in [-0.2, 0) is 4.79 Å². The van der Waals surface area contributed by atoms with Crippen molar-refractivity contribution in [1.29, 1.82) is 0 Å². The van der Waals surface area contributed by atoms with Crippen LogP contribution in [0.3, 0.4) is 0 Å². The minimum Gasteiger partial charge on any atom is -0.493 e. The van der Waals surface area contributed by atoms with Crippen LogP contribution in [-0.4, -0.2) is 25.8 Å². The number of carbonyl (C=O) groups is 1. The highest BCUT2D eigenvalue weighted by atomic mass is 19.4. The van der Waals surface area contributed by atoms with Gasteiger partial charge in [0.05, 0.1) is 13.2 Å². The van der Waals surface area contributed by atoms with Gasteiger partial charge in [-0.25, -0.2) is 0 Å². The van der Waals surface area contributed by atoms with Crippen molar-refractivity contribution in [3.8, 4) is 11.5 Å². The van der Waals surface area contributed by atoms with Gasteiger partial charge in [0.1, 0.15) is 0 Å².